The molecule has 0 saturated carbocycles. The Labute approximate surface area is 139 Å². The molecule has 25 heavy (non-hydrogen) atoms. The van der Waals surface area contributed by atoms with Gasteiger partial charge in [0.1, 0.15) is 5.82 Å². The third-order valence-electron chi connectivity index (χ3n) is 3.97. The third-order valence-corrected chi connectivity index (χ3v) is 5.37. The highest BCUT2D eigenvalue weighted by Crippen LogP contribution is 2.45. The minimum atomic E-state index is -4.66. The lowest BCUT2D eigenvalue weighted by atomic mass is 9.98. The van der Waals surface area contributed by atoms with Crippen molar-refractivity contribution in [2.75, 3.05) is 4.72 Å². The number of benzene rings is 2. The Hall–Kier alpha value is -2.68. The van der Waals surface area contributed by atoms with Gasteiger partial charge in [-0.05, 0) is 36.4 Å². The number of sulfonamides is 1. The molecular formula is C16H8F4N2O2S. The Morgan fingerprint density at radius 3 is 2.52 bits per heavy atom. The van der Waals surface area contributed by atoms with Crippen LogP contribution < -0.4 is 4.72 Å². The molecule has 4 nitrogen and oxygen atoms in total. The van der Waals surface area contributed by atoms with Crippen molar-refractivity contribution >= 4 is 26.6 Å². The van der Waals surface area contributed by atoms with E-state index in [1.165, 1.54) is 18.3 Å². The van der Waals surface area contributed by atoms with Crippen molar-refractivity contribution in [1.29, 1.82) is 0 Å². The van der Waals surface area contributed by atoms with Gasteiger partial charge in [-0.3, -0.25) is 9.71 Å². The van der Waals surface area contributed by atoms with Gasteiger partial charge in [-0.2, -0.15) is 13.2 Å². The number of halogens is 4. The Kier molecular flexibility index (Phi) is 3.11. The third kappa shape index (κ3) is 2.34. The van der Waals surface area contributed by atoms with Crippen LogP contribution in [0.1, 0.15) is 5.56 Å². The normalized spacial score (nSPS) is 15.4. The molecule has 1 N–H and O–H groups in total. The summed E-state index contributed by atoms with van der Waals surface area (Å²) in [6.07, 6.45) is -3.31. The van der Waals surface area contributed by atoms with E-state index in [9.17, 15) is 26.0 Å². The maximum absolute atomic E-state index is 14.4. The lowest BCUT2D eigenvalue weighted by molar-refractivity contribution is -0.137. The van der Waals surface area contributed by atoms with Crippen molar-refractivity contribution in [3.63, 3.8) is 0 Å². The highest BCUT2D eigenvalue weighted by atomic mass is 32.2. The summed E-state index contributed by atoms with van der Waals surface area (Å²) in [6, 6.07) is 6.15. The summed E-state index contributed by atoms with van der Waals surface area (Å²) in [7, 11) is -4.10. The van der Waals surface area contributed by atoms with Crippen LogP contribution >= 0.6 is 0 Å². The molecule has 0 aliphatic carbocycles. The molecule has 0 radical (unpaired) electrons. The summed E-state index contributed by atoms with van der Waals surface area (Å²) in [4.78, 5) is 3.63. The topological polar surface area (TPSA) is 59.1 Å². The number of alkyl halides is 3. The molecule has 128 valence electrons. The maximum Gasteiger partial charge on any atom is 0.416 e. The van der Waals surface area contributed by atoms with Crippen LogP contribution in [0.4, 0.5) is 23.2 Å². The van der Waals surface area contributed by atoms with Crippen molar-refractivity contribution in [3.8, 4) is 11.1 Å². The van der Waals surface area contributed by atoms with Crippen molar-refractivity contribution in [3.05, 3.63) is 54.0 Å². The number of nitrogens with zero attached hydrogens (tertiary/aromatic N) is 1. The van der Waals surface area contributed by atoms with E-state index in [-0.39, 0.29) is 32.6 Å². The van der Waals surface area contributed by atoms with E-state index in [2.05, 4.69) is 9.71 Å². The van der Waals surface area contributed by atoms with E-state index in [1.54, 1.807) is 0 Å². The highest BCUT2D eigenvalue weighted by molar-refractivity contribution is 7.93. The van der Waals surface area contributed by atoms with Gasteiger partial charge in [0.15, 0.2) is 0 Å². The van der Waals surface area contributed by atoms with Gasteiger partial charge < -0.3 is 0 Å². The van der Waals surface area contributed by atoms with Crippen LogP contribution in [0.15, 0.2) is 47.5 Å². The number of anilines is 1. The summed E-state index contributed by atoms with van der Waals surface area (Å²) in [5, 5.41) is 0.0689. The maximum atomic E-state index is 14.4. The van der Waals surface area contributed by atoms with E-state index >= 15 is 0 Å². The first-order valence-electron chi connectivity index (χ1n) is 7.00. The van der Waals surface area contributed by atoms with Crippen LogP contribution in [-0.2, 0) is 16.2 Å². The summed E-state index contributed by atoms with van der Waals surface area (Å²) >= 11 is 0. The van der Waals surface area contributed by atoms with Crippen LogP contribution in [0, 0.1) is 5.82 Å². The van der Waals surface area contributed by atoms with Crippen molar-refractivity contribution < 1.29 is 26.0 Å². The average molecular weight is 368 g/mol. The number of nitrogens with one attached hydrogen (secondary N) is 1. The van der Waals surface area contributed by atoms with Crippen LogP contribution in [0.25, 0.3) is 22.0 Å². The molecule has 0 saturated heterocycles. The molecule has 1 aromatic heterocycles. The Bertz CT molecular complexity index is 1140. The first-order chi connectivity index (χ1) is 11.7. The molecular weight excluding hydrogens is 360 g/mol. The van der Waals surface area contributed by atoms with E-state index in [1.807, 2.05) is 0 Å². The monoisotopic (exact) mass is 368 g/mol. The molecule has 0 amide bonds. The van der Waals surface area contributed by atoms with Crippen LogP contribution in [-0.4, -0.2) is 13.4 Å². The standard InChI is InChI=1S/C16H8F4N2O2S/c17-12-7-11-10-6-8(16(18,19)20)3-4-13(10)25(23,24)22-15(11)14-9(12)2-1-5-21-14/h1-7,22H. The minimum Gasteiger partial charge on any atom is -0.277 e. The van der Waals surface area contributed by atoms with Gasteiger partial charge in [-0.15, -0.1) is 0 Å². The number of hydrogen-bond acceptors (Lipinski definition) is 3. The zero-order chi connectivity index (χ0) is 18.0. The van der Waals surface area contributed by atoms with Gasteiger partial charge >= 0.3 is 6.18 Å². The number of fused-ring (bicyclic) bond motifs is 5. The fraction of sp³-hybridized carbons (Fsp3) is 0.0625. The molecule has 1 aliphatic heterocycles. The Morgan fingerprint density at radius 1 is 1.04 bits per heavy atom. The first-order valence-corrected chi connectivity index (χ1v) is 8.48. The minimum absolute atomic E-state index is 0.0135. The molecule has 1 aliphatic rings. The molecule has 9 heteroatoms. The predicted molar refractivity (Wildman–Crippen MR) is 82.9 cm³/mol. The largest absolute Gasteiger partial charge is 0.416 e. The van der Waals surface area contributed by atoms with Gasteiger partial charge in [-0.1, -0.05) is 0 Å². The molecule has 2 aromatic carbocycles. The summed E-state index contributed by atoms with van der Waals surface area (Å²) < 4.78 is 80.5. The smallest absolute Gasteiger partial charge is 0.277 e. The molecule has 3 aromatic rings. The second-order valence-corrected chi connectivity index (χ2v) is 7.15. The molecule has 0 atom stereocenters. The van der Waals surface area contributed by atoms with E-state index in [0.29, 0.717) is 12.1 Å². The zero-order valence-electron chi connectivity index (χ0n) is 12.2. The van der Waals surface area contributed by atoms with Crippen molar-refractivity contribution in [2.24, 2.45) is 0 Å². The van der Waals surface area contributed by atoms with Gasteiger partial charge in [0.2, 0.25) is 0 Å². The van der Waals surface area contributed by atoms with Gasteiger partial charge in [0.25, 0.3) is 10.0 Å². The van der Waals surface area contributed by atoms with E-state index in [0.717, 1.165) is 12.1 Å². The molecule has 4 rings (SSSR count). The van der Waals surface area contributed by atoms with E-state index < -0.39 is 27.6 Å². The predicted octanol–water partition coefficient (Wildman–Crippen LogP) is 4.17. The fourth-order valence-corrected chi connectivity index (χ4v) is 4.15. The molecule has 2 heterocycles. The van der Waals surface area contributed by atoms with Crippen LogP contribution in [0.2, 0.25) is 0 Å². The Balaban J connectivity index is 2.13. The summed E-state index contributed by atoms with van der Waals surface area (Å²) in [5.74, 6) is -0.702. The van der Waals surface area contributed by atoms with Crippen molar-refractivity contribution in [1.82, 2.24) is 4.98 Å². The SMILES string of the molecule is O=S1(=O)Nc2c(cc(F)c3cccnc23)-c2cc(C(F)(F)F)ccc21. The summed E-state index contributed by atoms with van der Waals surface area (Å²) in [6.45, 7) is 0. The molecule has 0 spiro atoms. The van der Waals surface area contributed by atoms with Gasteiger partial charge in [-0.25, -0.2) is 12.8 Å². The molecule has 0 bridgehead atoms. The fourth-order valence-electron chi connectivity index (χ4n) is 2.86. The highest BCUT2D eigenvalue weighted by Gasteiger charge is 2.35. The first kappa shape index (κ1) is 15.8. The second kappa shape index (κ2) is 4.92. The van der Waals surface area contributed by atoms with Crippen LogP contribution in [0.3, 0.4) is 0 Å². The second-order valence-electron chi connectivity index (χ2n) is 5.49. The molecule has 0 unspecified atom stereocenters. The van der Waals surface area contributed by atoms with Crippen molar-refractivity contribution in [2.45, 2.75) is 11.1 Å². The zero-order valence-corrected chi connectivity index (χ0v) is 13.0. The van der Waals surface area contributed by atoms with Gasteiger partial charge in [0.05, 0.1) is 21.7 Å². The number of rotatable bonds is 0. The van der Waals surface area contributed by atoms with E-state index in [4.69, 9.17) is 0 Å². The quantitative estimate of drug-likeness (QED) is 0.606. The van der Waals surface area contributed by atoms with Gasteiger partial charge in [0, 0.05) is 22.7 Å². The number of hydrogen-bond donors (Lipinski definition) is 1. The summed E-state index contributed by atoms with van der Waals surface area (Å²) in [5.41, 5.74) is -1.22. The lowest BCUT2D eigenvalue weighted by Gasteiger charge is -2.23. The van der Waals surface area contributed by atoms with Crippen LogP contribution in [0.5, 0.6) is 0 Å². The number of pyridine rings is 1. The number of aromatic nitrogens is 1. The average Bonchev–Trinajstić information content (AvgIpc) is 2.55. The lowest BCUT2D eigenvalue weighted by Crippen LogP contribution is -2.20. The molecule has 0 fully saturated rings. The Morgan fingerprint density at radius 2 is 1.80 bits per heavy atom.